The van der Waals surface area contributed by atoms with Crippen LogP contribution in [0, 0.1) is 5.41 Å². The Balaban J connectivity index is 2.17. The van der Waals surface area contributed by atoms with Gasteiger partial charge < -0.3 is 4.90 Å². The van der Waals surface area contributed by atoms with Crippen molar-refractivity contribution in [2.24, 2.45) is 5.41 Å². The largest absolute Gasteiger partial charge is 0.337 e. The van der Waals surface area contributed by atoms with Gasteiger partial charge in [-0.3, -0.25) is 4.79 Å². The molecule has 1 aliphatic rings. The molecule has 1 aromatic heterocycles. The van der Waals surface area contributed by atoms with Crippen molar-refractivity contribution in [3.63, 3.8) is 0 Å². The van der Waals surface area contributed by atoms with Gasteiger partial charge in [0.15, 0.2) is 0 Å². The fourth-order valence-corrected chi connectivity index (χ4v) is 2.68. The number of carbonyl (C=O) groups excluding carboxylic acids is 1. The Morgan fingerprint density at radius 3 is 2.74 bits per heavy atom. The molecular weight excluding hydrogens is 283 g/mol. The summed E-state index contributed by atoms with van der Waals surface area (Å²) in [5.41, 5.74) is 0.550. The quantitative estimate of drug-likeness (QED) is 0.733. The third-order valence-electron chi connectivity index (χ3n) is 3.64. The molecule has 2 rings (SSSR count). The zero-order valence-corrected chi connectivity index (χ0v) is 12.8. The molecule has 19 heavy (non-hydrogen) atoms. The molecule has 0 aromatic carbocycles. The average molecular weight is 301 g/mol. The van der Waals surface area contributed by atoms with Gasteiger partial charge in [0, 0.05) is 13.1 Å². The minimum atomic E-state index is -0.120. The van der Waals surface area contributed by atoms with Crippen LogP contribution in [0.2, 0.25) is 10.2 Å². The summed E-state index contributed by atoms with van der Waals surface area (Å²) in [6, 6.07) is 3.21. The Morgan fingerprint density at radius 1 is 1.26 bits per heavy atom. The van der Waals surface area contributed by atoms with Crippen molar-refractivity contribution in [3.8, 4) is 0 Å². The normalized spacial score (nSPS) is 19.1. The van der Waals surface area contributed by atoms with Gasteiger partial charge in [-0.15, -0.1) is 0 Å². The summed E-state index contributed by atoms with van der Waals surface area (Å²) in [6.07, 6.45) is 3.14. The first-order chi connectivity index (χ1) is 8.89. The maximum atomic E-state index is 12.5. The summed E-state index contributed by atoms with van der Waals surface area (Å²) in [7, 11) is 0. The number of likely N-dealkylation sites (tertiary alicyclic amines) is 1. The second-order valence-electron chi connectivity index (χ2n) is 5.77. The summed E-state index contributed by atoms with van der Waals surface area (Å²) >= 11 is 11.9. The standard InChI is InChI=1S/C14H18Cl2N2O/c1-14(2)6-3-8-18(9-7-14)13(19)12-10(15)4-5-11(16)17-12/h4-5H,3,6-9H2,1-2H3. The van der Waals surface area contributed by atoms with E-state index in [0.717, 1.165) is 32.4 Å². The van der Waals surface area contributed by atoms with E-state index in [2.05, 4.69) is 18.8 Å². The highest BCUT2D eigenvalue weighted by atomic mass is 35.5. The van der Waals surface area contributed by atoms with Gasteiger partial charge in [0.05, 0.1) is 5.02 Å². The summed E-state index contributed by atoms with van der Waals surface area (Å²) < 4.78 is 0. The van der Waals surface area contributed by atoms with Crippen LogP contribution in [-0.2, 0) is 0 Å². The van der Waals surface area contributed by atoms with Gasteiger partial charge in [-0.25, -0.2) is 4.98 Å². The number of nitrogens with zero attached hydrogens (tertiary/aromatic N) is 2. The number of aromatic nitrogens is 1. The van der Waals surface area contributed by atoms with E-state index >= 15 is 0 Å². The number of pyridine rings is 1. The number of halogens is 2. The first-order valence-electron chi connectivity index (χ1n) is 6.50. The summed E-state index contributed by atoms with van der Waals surface area (Å²) in [5, 5.41) is 0.654. The lowest BCUT2D eigenvalue weighted by molar-refractivity contribution is 0.0751. The molecule has 0 aliphatic carbocycles. The van der Waals surface area contributed by atoms with Crippen LogP contribution in [0.3, 0.4) is 0 Å². The molecule has 1 aromatic rings. The highest BCUT2D eigenvalue weighted by Crippen LogP contribution is 2.30. The van der Waals surface area contributed by atoms with E-state index in [1.165, 1.54) is 0 Å². The maximum absolute atomic E-state index is 12.5. The van der Waals surface area contributed by atoms with E-state index in [1.54, 1.807) is 12.1 Å². The molecule has 1 saturated heterocycles. The van der Waals surface area contributed by atoms with Crippen molar-refractivity contribution in [3.05, 3.63) is 28.0 Å². The average Bonchev–Trinajstić information content (AvgIpc) is 2.52. The molecule has 0 atom stereocenters. The topological polar surface area (TPSA) is 33.2 Å². The van der Waals surface area contributed by atoms with Crippen molar-refractivity contribution < 1.29 is 4.79 Å². The van der Waals surface area contributed by atoms with Gasteiger partial charge in [-0.2, -0.15) is 0 Å². The molecule has 104 valence electrons. The molecule has 5 heteroatoms. The third-order valence-corrected chi connectivity index (χ3v) is 4.16. The van der Waals surface area contributed by atoms with Crippen molar-refractivity contribution in [2.45, 2.75) is 33.1 Å². The minimum absolute atomic E-state index is 0.120. The third kappa shape index (κ3) is 3.61. The monoisotopic (exact) mass is 300 g/mol. The second kappa shape index (κ2) is 5.68. The van der Waals surface area contributed by atoms with E-state index in [9.17, 15) is 4.79 Å². The molecule has 1 fully saturated rings. The van der Waals surface area contributed by atoms with Crippen molar-refractivity contribution in [1.82, 2.24) is 9.88 Å². The molecular formula is C14H18Cl2N2O. The van der Waals surface area contributed by atoms with Crippen LogP contribution in [0.1, 0.15) is 43.6 Å². The second-order valence-corrected chi connectivity index (χ2v) is 6.57. The Kier molecular flexibility index (Phi) is 4.36. The molecule has 1 amide bonds. The van der Waals surface area contributed by atoms with Crippen LogP contribution >= 0.6 is 23.2 Å². The van der Waals surface area contributed by atoms with Crippen LogP contribution in [0.15, 0.2) is 12.1 Å². The lowest BCUT2D eigenvalue weighted by Gasteiger charge is -2.23. The minimum Gasteiger partial charge on any atom is -0.337 e. The first-order valence-corrected chi connectivity index (χ1v) is 7.26. The van der Waals surface area contributed by atoms with Crippen LogP contribution in [0.4, 0.5) is 0 Å². The van der Waals surface area contributed by atoms with E-state index in [4.69, 9.17) is 23.2 Å². The van der Waals surface area contributed by atoms with Gasteiger partial charge in [0.1, 0.15) is 10.8 Å². The predicted octanol–water partition coefficient (Wildman–Crippen LogP) is 4.04. The molecule has 0 saturated carbocycles. The van der Waals surface area contributed by atoms with Crippen molar-refractivity contribution in [1.29, 1.82) is 0 Å². The smallest absolute Gasteiger partial charge is 0.274 e. The molecule has 2 heterocycles. The lowest BCUT2D eigenvalue weighted by atomic mass is 9.85. The zero-order valence-electron chi connectivity index (χ0n) is 11.2. The molecule has 0 bridgehead atoms. The zero-order chi connectivity index (χ0) is 14.0. The van der Waals surface area contributed by atoms with Gasteiger partial charge in [-0.05, 0) is 36.8 Å². The van der Waals surface area contributed by atoms with Gasteiger partial charge in [0.25, 0.3) is 5.91 Å². The summed E-state index contributed by atoms with van der Waals surface area (Å²) in [4.78, 5) is 18.3. The Morgan fingerprint density at radius 2 is 2.00 bits per heavy atom. The number of hydrogen-bond acceptors (Lipinski definition) is 2. The number of rotatable bonds is 1. The van der Waals surface area contributed by atoms with Gasteiger partial charge in [0.2, 0.25) is 0 Å². The summed E-state index contributed by atoms with van der Waals surface area (Å²) in [5.74, 6) is -0.120. The number of amides is 1. The molecule has 3 nitrogen and oxygen atoms in total. The molecule has 0 N–H and O–H groups in total. The number of hydrogen-bond donors (Lipinski definition) is 0. The van der Waals surface area contributed by atoms with Gasteiger partial charge in [-0.1, -0.05) is 37.0 Å². The maximum Gasteiger partial charge on any atom is 0.274 e. The van der Waals surface area contributed by atoms with E-state index in [0.29, 0.717) is 15.6 Å². The van der Waals surface area contributed by atoms with Crippen LogP contribution in [0.5, 0.6) is 0 Å². The van der Waals surface area contributed by atoms with Crippen LogP contribution in [-0.4, -0.2) is 28.9 Å². The van der Waals surface area contributed by atoms with Crippen LogP contribution in [0.25, 0.3) is 0 Å². The van der Waals surface area contributed by atoms with E-state index in [-0.39, 0.29) is 11.6 Å². The molecule has 0 radical (unpaired) electrons. The number of carbonyl (C=O) groups is 1. The van der Waals surface area contributed by atoms with Crippen LogP contribution < -0.4 is 0 Å². The van der Waals surface area contributed by atoms with Crippen molar-refractivity contribution in [2.75, 3.05) is 13.1 Å². The fourth-order valence-electron chi connectivity index (χ4n) is 2.34. The summed E-state index contributed by atoms with van der Waals surface area (Å²) in [6.45, 7) is 5.99. The first kappa shape index (κ1) is 14.6. The highest BCUT2D eigenvalue weighted by molar-refractivity contribution is 6.34. The highest BCUT2D eigenvalue weighted by Gasteiger charge is 2.27. The molecule has 0 unspecified atom stereocenters. The fraction of sp³-hybridized carbons (Fsp3) is 0.571. The Bertz CT molecular complexity index is 488. The van der Waals surface area contributed by atoms with E-state index in [1.807, 2.05) is 4.90 Å². The SMILES string of the molecule is CC1(C)CCCN(C(=O)c2nc(Cl)ccc2Cl)CC1. The molecule has 1 aliphatic heterocycles. The Labute approximate surface area is 123 Å². The predicted molar refractivity (Wildman–Crippen MR) is 77.8 cm³/mol. The van der Waals surface area contributed by atoms with Gasteiger partial charge >= 0.3 is 0 Å². The Hall–Kier alpha value is -0.800. The van der Waals surface area contributed by atoms with Crippen molar-refractivity contribution >= 4 is 29.1 Å². The van der Waals surface area contributed by atoms with E-state index < -0.39 is 0 Å². The molecule has 0 spiro atoms. The lowest BCUT2D eigenvalue weighted by Crippen LogP contribution is -2.33.